The van der Waals surface area contributed by atoms with Crippen molar-refractivity contribution >= 4 is 21.7 Å². The quantitative estimate of drug-likeness (QED) is 0.813. The molecule has 1 unspecified atom stereocenters. The summed E-state index contributed by atoms with van der Waals surface area (Å²) in [6, 6.07) is 5.45. The highest BCUT2D eigenvalue weighted by Crippen LogP contribution is 2.26. The number of Topliss-reactive ketones (excluding diaryl/α,β-unsaturated/α-hetero) is 1. The summed E-state index contributed by atoms with van der Waals surface area (Å²) in [5.74, 6) is 0.0145. The Labute approximate surface area is 128 Å². The lowest BCUT2D eigenvalue weighted by molar-refractivity contribution is -0.118. The van der Waals surface area contributed by atoms with Gasteiger partial charge >= 0.3 is 0 Å². The average Bonchev–Trinajstić information content (AvgIpc) is 2.60. The average molecular weight is 342 g/mol. The molecular formula is C16H21BrFNO. The second kappa shape index (κ2) is 7.32. The Morgan fingerprint density at radius 1 is 1.40 bits per heavy atom. The molecular weight excluding hydrogens is 321 g/mol. The molecule has 1 heterocycles. The van der Waals surface area contributed by atoms with Crippen LogP contribution in [0, 0.1) is 5.82 Å². The summed E-state index contributed by atoms with van der Waals surface area (Å²) < 4.78 is 14.1. The Balaban J connectivity index is 2.14. The summed E-state index contributed by atoms with van der Waals surface area (Å²) in [6.45, 7) is 3.35. The molecule has 2 rings (SSSR count). The Hall–Kier alpha value is -0.740. The molecule has 0 radical (unpaired) electrons. The molecule has 1 aromatic rings. The van der Waals surface area contributed by atoms with Crippen molar-refractivity contribution in [3.05, 3.63) is 34.1 Å². The van der Waals surface area contributed by atoms with E-state index in [4.69, 9.17) is 0 Å². The van der Waals surface area contributed by atoms with Crippen LogP contribution in [0.15, 0.2) is 22.7 Å². The zero-order valence-corrected chi connectivity index (χ0v) is 13.5. The Morgan fingerprint density at radius 3 is 2.95 bits per heavy atom. The van der Waals surface area contributed by atoms with Crippen LogP contribution in [0.3, 0.4) is 0 Å². The molecule has 1 fully saturated rings. The highest BCUT2D eigenvalue weighted by atomic mass is 79.9. The number of hydrogen-bond acceptors (Lipinski definition) is 2. The third kappa shape index (κ3) is 4.13. The van der Waals surface area contributed by atoms with Crippen LogP contribution >= 0.6 is 15.9 Å². The Morgan fingerprint density at radius 2 is 2.20 bits per heavy atom. The van der Waals surface area contributed by atoms with Gasteiger partial charge in [0.2, 0.25) is 0 Å². The lowest BCUT2D eigenvalue weighted by atomic mass is 10.0. The predicted molar refractivity (Wildman–Crippen MR) is 82.1 cm³/mol. The fourth-order valence-corrected chi connectivity index (χ4v) is 3.29. The van der Waals surface area contributed by atoms with Crippen LogP contribution in [0.25, 0.3) is 0 Å². The molecule has 0 spiro atoms. The summed E-state index contributed by atoms with van der Waals surface area (Å²) in [4.78, 5) is 13.8. The molecule has 0 saturated carbocycles. The first-order chi connectivity index (χ1) is 9.58. The van der Waals surface area contributed by atoms with Gasteiger partial charge < -0.3 is 0 Å². The van der Waals surface area contributed by atoms with Crippen LogP contribution in [0.2, 0.25) is 0 Å². The first kappa shape index (κ1) is 15.6. The Bertz CT molecular complexity index is 478. The minimum Gasteiger partial charge on any atom is -0.300 e. The van der Waals surface area contributed by atoms with Gasteiger partial charge in [0.05, 0.1) is 4.47 Å². The number of nitrogens with zero attached hydrogens (tertiary/aromatic N) is 1. The first-order valence-electron chi connectivity index (χ1n) is 7.24. The molecule has 1 aliphatic heterocycles. The van der Waals surface area contributed by atoms with Crippen LogP contribution < -0.4 is 0 Å². The van der Waals surface area contributed by atoms with Gasteiger partial charge in [-0.05, 0) is 53.9 Å². The van der Waals surface area contributed by atoms with E-state index in [1.807, 2.05) is 6.07 Å². The van der Waals surface area contributed by atoms with Crippen molar-refractivity contribution in [1.29, 1.82) is 0 Å². The van der Waals surface area contributed by atoms with Crippen LogP contribution in [0.1, 0.15) is 44.6 Å². The van der Waals surface area contributed by atoms with Gasteiger partial charge in [0.1, 0.15) is 11.6 Å². The summed E-state index contributed by atoms with van der Waals surface area (Å²) in [6.07, 6.45) is 5.22. The standard InChI is InChI=1S/C16H21BrFNO/c1-12(20)10-14-7-3-2-4-9-19(14)11-13-6-5-8-15(18)16(13)17/h5-6,8,14H,2-4,7,9-11H2,1H3. The molecule has 2 nitrogen and oxygen atoms in total. The molecule has 20 heavy (non-hydrogen) atoms. The van der Waals surface area contributed by atoms with Gasteiger partial charge in [-0.2, -0.15) is 0 Å². The highest BCUT2D eigenvalue weighted by molar-refractivity contribution is 9.10. The molecule has 1 aromatic carbocycles. The van der Waals surface area contributed by atoms with E-state index in [0.29, 0.717) is 23.5 Å². The van der Waals surface area contributed by atoms with Crippen molar-refractivity contribution in [1.82, 2.24) is 4.90 Å². The number of likely N-dealkylation sites (tertiary alicyclic amines) is 1. The van der Waals surface area contributed by atoms with Crippen LogP contribution in [-0.2, 0) is 11.3 Å². The number of carbonyl (C=O) groups excluding carboxylic acids is 1. The van der Waals surface area contributed by atoms with Crippen molar-refractivity contribution in [3.8, 4) is 0 Å². The van der Waals surface area contributed by atoms with Crippen LogP contribution in [0.4, 0.5) is 4.39 Å². The van der Waals surface area contributed by atoms with E-state index in [1.165, 1.54) is 18.9 Å². The fraction of sp³-hybridized carbons (Fsp3) is 0.562. The molecule has 110 valence electrons. The predicted octanol–water partition coefficient (Wildman–Crippen LogP) is 4.31. The second-order valence-corrected chi connectivity index (χ2v) is 6.39. The smallest absolute Gasteiger partial charge is 0.137 e. The monoisotopic (exact) mass is 341 g/mol. The van der Waals surface area contributed by atoms with E-state index < -0.39 is 0 Å². The van der Waals surface area contributed by atoms with Crippen LogP contribution in [0.5, 0.6) is 0 Å². The van der Waals surface area contributed by atoms with E-state index in [-0.39, 0.29) is 11.6 Å². The molecule has 0 amide bonds. The van der Waals surface area contributed by atoms with E-state index in [0.717, 1.165) is 24.9 Å². The maximum Gasteiger partial charge on any atom is 0.137 e. The maximum atomic E-state index is 13.6. The van der Waals surface area contributed by atoms with E-state index >= 15 is 0 Å². The molecule has 4 heteroatoms. The lowest BCUT2D eigenvalue weighted by Gasteiger charge is -2.29. The van der Waals surface area contributed by atoms with Crippen molar-refractivity contribution in [2.24, 2.45) is 0 Å². The van der Waals surface area contributed by atoms with Crippen molar-refractivity contribution in [3.63, 3.8) is 0 Å². The SMILES string of the molecule is CC(=O)CC1CCCCCN1Cc1cccc(F)c1Br. The van der Waals surface area contributed by atoms with Gasteiger partial charge in [-0.25, -0.2) is 4.39 Å². The zero-order chi connectivity index (χ0) is 14.5. The van der Waals surface area contributed by atoms with Gasteiger partial charge in [0, 0.05) is 19.0 Å². The van der Waals surface area contributed by atoms with Crippen molar-refractivity contribution in [2.45, 2.75) is 51.6 Å². The lowest BCUT2D eigenvalue weighted by Crippen LogP contribution is -2.35. The summed E-state index contributed by atoms with van der Waals surface area (Å²) in [5.41, 5.74) is 0.959. The fourth-order valence-electron chi connectivity index (χ4n) is 2.90. The normalized spacial score (nSPS) is 20.6. The minimum atomic E-state index is -0.222. The topological polar surface area (TPSA) is 20.3 Å². The summed E-state index contributed by atoms with van der Waals surface area (Å²) >= 11 is 3.33. The number of hydrogen-bond donors (Lipinski definition) is 0. The number of rotatable bonds is 4. The number of halogens is 2. The van der Waals surface area contributed by atoms with Crippen molar-refractivity contribution < 1.29 is 9.18 Å². The molecule has 1 aliphatic rings. The minimum absolute atomic E-state index is 0.222. The summed E-state index contributed by atoms with van der Waals surface area (Å²) in [5, 5.41) is 0. The van der Waals surface area contributed by atoms with E-state index in [9.17, 15) is 9.18 Å². The second-order valence-electron chi connectivity index (χ2n) is 5.59. The van der Waals surface area contributed by atoms with Gasteiger partial charge in [-0.15, -0.1) is 0 Å². The largest absolute Gasteiger partial charge is 0.300 e. The van der Waals surface area contributed by atoms with Crippen LogP contribution in [-0.4, -0.2) is 23.3 Å². The molecule has 1 atom stereocenters. The molecule has 0 N–H and O–H groups in total. The van der Waals surface area contributed by atoms with Crippen molar-refractivity contribution in [2.75, 3.05) is 6.54 Å². The van der Waals surface area contributed by atoms with Gasteiger partial charge in [0.15, 0.2) is 0 Å². The Kier molecular flexibility index (Phi) is 5.73. The highest BCUT2D eigenvalue weighted by Gasteiger charge is 2.23. The number of benzene rings is 1. The molecule has 0 bridgehead atoms. The van der Waals surface area contributed by atoms with Gasteiger partial charge in [-0.1, -0.05) is 25.0 Å². The van der Waals surface area contributed by atoms with E-state index in [2.05, 4.69) is 20.8 Å². The van der Waals surface area contributed by atoms with Gasteiger partial charge in [0.25, 0.3) is 0 Å². The first-order valence-corrected chi connectivity index (χ1v) is 8.03. The molecule has 1 saturated heterocycles. The molecule has 0 aliphatic carbocycles. The third-order valence-electron chi connectivity index (χ3n) is 3.93. The molecule has 0 aromatic heterocycles. The number of carbonyl (C=O) groups is 1. The maximum absolute atomic E-state index is 13.6. The summed E-state index contributed by atoms with van der Waals surface area (Å²) in [7, 11) is 0. The number of ketones is 1. The zero-order valence-electron chi connectivity index (χ0n) is 11.9. The van der Waals surface area contributed by atoms with E-state index in [1.54, 1.807) is 13.0 Å². The third-order valence-corrected chi connectivity index (χ3v) is 4.82. The van der Waals surface area contributed by atoms with Gasteiger partial charge in [-0.3, -0.25) is 9.69 Å².